The van der Waals surface area contributed by atoms with E-state index in [1.54, 1.807) is 42.2 Å². The standard InChI is InChI=1S/C22H22FN5O3/c1-14-5-3-6-17(21(14)23)27-22-16-9-15(11-28(8-4-7-24)12-20(29)30)19(31-2)10-18(16)25-13-26-22/h3,5-6,9-10,13H,4,8,11-12H2,1-2H3,(H,29,30)(H,25,26,27). The third-order valence-corrected chi connectivity index (χ3v) is 4.78. The summed E-state index contributed by atoms with van der Waals surface area (Å²) >= 11 is 0. The van der Waals surface area contributed by atoms with Crippen molar-refractivity contribution >= 4 is 28.4 Å². The maximum atomic E-state index is 14.5. The van der Waals surface area contributed by atoms with Crippen molar-refractivity contribution in [3.8, 4) is 11.8 Å². The maximum Gasteiger partial charge on any atom is 0.317 e. The molecule has 0 radical (unpaired) electrons. The minimum Gasteiger partial charge on any atom is -0.496 e. The van der Waals surface area contributed by atoms with Gasteiger partial charge in [0.1, 0.15) is 23.7 Å². The Hall–Kier alpha value is -3.77. The third-order valence-electron chi connectivity index (χ3n) is 4.78. The Kier molecular flexibility index (Phi) is 6.95. The Balaban J connectivity index is 2.02. The van der Waals surface area contributed by atoms with Crippen LogP contribution in [-0.2, 0) is 11.3 Å². The molecule has 0 spiro atoms. The zero-order chi connectivity index (χ0) is 22.4. The second-order valence-electron chi connectivity index (χ2n) is 6.98. The molecule has 2 N–H and O–H groups in total. The number of aliphatic carboxylic acids is 1. The van der Waals surface area contributed by atoms with Crippen molar-refractivity contribution in [2.75, 3.05) is 25.5 Å². The van der Waals surface area contributed by atoms with Crippen LogP contribution in [0.25, 0.3) is 10.9 Å². The van der Waals surface area contributed by atoms with Crippen LogP contribution in [0.1, 0.15) is 17.5 Å². The summed E-state index contributed by atoms with van der Waals surface area (Å²) in [6.07, 6.45) is 1.58. The van der Waals surface area contributed by atoms with Crippen LogP contribution in [-0.4, -0.2) is 46.1 Å². The molecule has 0 amide bonds. The molecule has 0 aliphatic heterocycles. The summed E-state index contributed by atoms with van der Waals surface area (Å²) in [5.74, 6) is -0.406. The van der Waals surface area contributed by atoms with Crippen molar-refractivity contribution in [3.05, 3.63) is 53.6 Å². The van der Waals surface area contributed by atoms with Gasteiger partial charge in [0.25, 0.3) is 0 Å². The van der Waals surface area contributed by atoms with E-state index < -0.39 is 5.97 Å². The highest BCUT2D eigenvalue weighted by Gasteiger charge is 2.16. The van der Waals surface area contributed by atoms with Crippen molar-refractivity contribution in [1.29, 1.82) is 5.26 Å². The molecule has 31 heavy (non-hydrogen) atoms. The number of benzene rings is 2. The summed E-state index contributed by atoms with van der Waals surface area (Å²) in [4.78, 5) is 21.4. The predicted molar refractivity (Wildman–Crippen MR) is 114 cm³/mol. The molecular weight excluding hydrogens is 401 g/mol. The number of nitriles is 1. The normalized spacial score (nSPS) is 10.8. The van der Waals surface area contributed by atoms with E-state index in [1.807, 2.05) is 6.07 Å². The predicted octanol–water partition coefficient (Wildman–Crippen LogP) is 3.63. The summed E-state index contributed by atoms with van der Waals surface area (Å²) in [6, 6.07) is 10.6. The molecule has 9 heteroatoms. The SMILES string of the molecule is COc1cc2ncnc(Nc3cccc(C)c3F)c2cc1CN(CCC#N)CC(=O)O. The number of anilines is 2. The molecule has 0 saturated heterocycles. The number of rotatable bonds is 9. The zero-order valence-electron chi connectivity index (χ0n) is 17.2. The number of halogens is 1. The molecule has 3 aromatic rings. The van der Waals surface area contributed by atoms with Gasteiger partial charge in [-0.3, -0.25) is 9.69 Å². The third kappa shape index (κ3) is 5.24. The first kappa shape index (κ1) is 21.9. The average molecular weight is 423 g/mol. The zero-order valence-corrected chi connectivity index (χ0v) is 17.2. The van der Waals surface area contributed by atoms with Crippen molar-refractivity contribution < 1.29 is 19.0 Å². The van der Waals surface area contributed by atoms with Crippen LogP contribution in [0, 0.1) is 24.1 Å². The Labute approximate surface area is 178 Å². The molecule has 0 fully saturated rings. The number of carboxylic acid groups (broad SMARTS) is 1. The Morgan fingerprint density at radius 1 is 1.35 bits per heavy atom. The average Bonchev–Trinajstić information content (AvgIpc) is 2.74. The largest absolute Gasteiger partial charge is 0.496 e. The molecule has 2 aromatic carbocycles. The number of aromatic nitrogens is 2. The van der Waals surface area contributed by atoms with Gasteiger partial charge < -0.3 is 15.2 Å². The van der Waals surface area contributed by atoms with Crippen LogP contribution in [0.15, 0.2) is 36.7 Å². The first-order valence-electron chi connectivity index (χ1n) is 9.57. The second kappa shape index (κ2) is 9.82. The molecule has 1 aromatic heterocycles. The second-order valence-corrected chi connectivity index (χ2v) is 6.98. The van der Waals surface area contributed by atoms with Crippen LogP contribution in [0.2, 0.25) is 0 Å². The van der Waals surface area contributed by atoms with Gasteiger partial charge in [0.2, 0.25) is 0 Å². The highest BCUT2D eigenvalue weighted by Crippen LogP contribution is 2.31. The smallest absolute Gasteiger partial charge is 0.317 e. The van der Waals surface area contributed by atoms with Gasteiger partial charge in [-0.2, -0.15) is 5.26 Å². The van der Waals surface area contributed by atoms with Crippen molar-refractivity contribution in [2.24, 2.45) is 0 Å². The Bertz CT molecular complexity index is 1150. The summed E-state index contributed by atoms with van der Waals surface area (Å²) in [7, 11) is 1.52. The molecule has 0 aliphatic carbocycles. The molecular formula is C22H22FN5O3. The van der Waals surface area contributed by atoms with Gasteiger partial charge >= 0.3 is 5.97 Å². The molecule has 3 rings (SSSR count). The van der Waals surface area contributed by atoms with Crippen LogP contribution >= 0.6 is 0 Å². The highest BCUT2D eigenvalue weighted by molar-refractivity contribution is 5.92. The van der Waals surface area contributed by atoms with Crippen LogP contribution in [0.5, 0.6) is 5.75 Å². The molecule has 1 heterocycles. The van der Waals surface area contributed by atoms with Crippen LogP contribution in [0.4, 0.5) is 15.9 Å². The van der Waals surface area contributed by atoms with Gasteiger partial charge in [0.05, 0.1) is 30.9 Å². The molecule has 160 valence electrons. The minimum absolute atomic E-state index is 0.200. The summed E-state index contributed by atoms with van der Waals surface area (Å²) in [6.45, 7) is 2.02. The van der Waals surface area contributed by atoms with E-state index in [4.69, 9.17) is 10.00 Å². The van der Waals surface area contributed by atoms with Gasteiger partial charge in [0, 0.05) is 36.5 Å². The van der Waals surface area contributed by atoms with Crippen molar-refractivity contribution in [1.82, 2.24) is 14.9 Å². The maximum absolute atomic E-state index is 14.5. The first-order valence-corrected chi connectivity index (χ1v) is 9.57. The number of methoxy groups -OCH3 is 1. The van der Waals surface area contributed by atoms with E-state index in [2.05, 4.69) is 15.3 Å². The van der Waals surface area contributed by atoms with E-state index in [-0.39, 0.29) is 25.3 Å². The molecule has 0 aliphatic rings. The van der Waals surface area contributed by atoms with Gasteiger partial charge in [0.15, 0.2) is 0 Å². The molecule has 8 nitrogen and oxygen atoms in total. The number of nitrogens with zero attached hydrogens (tertiary/aromatic N) is 4. The fourth-order valence-corrected chi connectivity index (χ4v) is 3.27. The highest BCUT2D eigenvalue weighted by atomic mass is 19.1. The Morgan fingerprint density at radius 3 is 2.87 bits per heavy atom. The summed E-state index contributed by atoms with van der Waals surface area (Å²) < 4.78 is 20.0. The number of hydrogen-bond acceptors (Lipinski definition) is 7. The lowest BCUT2D eigenvalue weighted by atomic mass is 10.1. The number of nitrogens with one attached hydrogen (secondary N) is 1. The lowest BCUT2D eigenvalue weighted by Crippen LogP contribution is -2.30. The topological polar surface area (TPSA) is 111 Å². The number of fused-ring (bicyclic) bond motifs is 1. The van der Waals surface area contributed by atoms with Crippen molar-refractivity contribution in [2.45, 2.75) is 19.9 Å². The van der Waals surface area contributed by atoms with E-state index in [9.17, 15) is 14.3 Å². The number of aryl methyl sites for hydroxylation is 1. The molecule has 0 atom stereocenters. The Morgan fingerprint density at radius 2 is 2.16 bits per heavy atom. The van der Waals surface area contributed by atoms with Gasteiger partial charge in [-0.1, -0.05) is 12.1 Å². The fraction of sp³-hybridized carbons (Fsp3) is 0.273. The molecule has 0 saturated carbocycles. The lowest BCUT2D eigenvalue weighted by Gasteiger charge is -2.21. The number of ether oxygens (including phenoxy) is 1. The molecule has 0 unspecified atom stereocenters. The van der Waals surface area contributed by atoms with Gasteiger partial charge in [-0.15, -0.1) is 0 Å². The lowest BCUT2D eigenvalue weighted by molar-refractivity contribution is -0.138. The van der Waals surface area contributed by atoms with E-state index in [0.717, 1.165) is 0 Å². The van der Waals surface area contributed by atoms with E-state index in [0.29, 0.717) is 45.8 Å². The van der Waals surface area contributed by atoms with Crippen LogP contribution in [0.3, 0.4) is 0 Å². The number of carboxylic acids is 1. The summed E-state index contributed by atoms with van der Waals surface area (Å²) in [5.41, 5.74) is 2.09. The number of carbonyl (C=O) groups is 1. The monoisotopic (exact) mass is 423 g/mol. The fourth-order valence-electron chi connectivity index (χ4n) is 3.27. The van der Waals surface area contributed by atoms with Gasteiger partial charge in [-0.05, 0) is 24.6 Å². The summed E-state index contributed by atoms with van der Waals surface area (Å²) in [5, 5.41) is 21.7. The first-order chi connectivity index (χ1) is 14.9. The molecule has 0 bridgehead atoms. The van der Waals surface area contributed by atoms with E-state index >= 15 is 0 Å². The number of hydrogen-bond donors (Lipinski definition) is 2. The van der Waals surface area contributed by atoms with Crippen LogP contribution < -0.4 is 10.1 Å². The minimum atomic E-state index is -0.988. The van der Waals surface area contributed by atoms with Gasteiger partial charge in [-0.25, -0.2) is 14.4 Å². The quantitative estimate of drug-likeness (QED) is 0.537. The van der Waals surface area contributed by atoms with E-state index in [1.165, 1.54) is 13.4 Å². The van der Waals surface area contributed by atoms with Crippen molar-refractivity contribution in [3.63, 3.8) is 0 Å².